The van der Waals surface area contributed by atoms with E-state index in [1.54, 1.807) is 17.0 Å². The summed E-state index contributed by atoms with van der Waals surface area (Å²) >= 11 is 0. The van der Waals surface area contributed by atoms with Gasteiger partial charge in [-0.25, -0.2) is 4.79 Å². The molecule has 1 amide bonds. The fraction of sp³-hybridized carbons (Fsp3) is 0.467. The maximum atomic E-state index is 12.3. The first kappa shape index (κ1) is 12.2. The van der Waals surface area contributed by atoms with Crippen LogP contribution in [0.4, 0.5) is 0 Å². The Morgan fingerprint density at radius 2 is 2.11 bits per heavy atom. The molecule has 1 N–H and O–H groups in total. The molecule has 4 heteroatoms. The van der Waals surface area contributed by atoms with Gasteiger partial charge in [0.05, 0.1) is 11.0 Å². The van der Waals surface area contributed by atoms with Crippen LogP contribution >= 0.6 is 0 Å². The molecule has 1 heterocycles. The lowest BCUT2D eigenvalue weighted by atomic mass is 9.70. The van der Waals surface area contributed by atoms with Crippen molar-refractivity contribution in [1.82, 2.24) is 4.90 Å². The average molecular weight is 259 g/mol. The van der Waals surface area contributed by atoms with Crippen LogP contribution in [-0.2, 0) is 17.6 Å². The molecule has 100 valence electrons. The summed E-state index contributed by atoms with van der Waals surface area (Å²) < 4.78 is 0. The first-order chi connectivity index (χ1) is 9.02. The van der Waals surface area contributed by atoms with Crippen molar-refractivity contribution >= 4 is 11.9 Å². The van der Waals surface area contributed by atoms with E-state index in [9.17, 15) is 9.59 Å². The van der Waals surface area contributed by atoms with Crippen LogP contribution in [0.2, 0.25) is 0 Å². The maximum absolute atomic E-state index is 12.3. The largest absolute Gasteiger partial charge is 0.478 e. The number of aryl methyl sites for hydroxylation is 1. The van der Waals surface area contributed by atoms with Gasteiger partial charge in [0, 0.05) is 13.6 Å². The van der Waals surface area contributed by atoms with Gasteiger partial charge in [-0.15, -0.1) is 0 Å². The fourth-order valence-corrected chi connectivity index (χ4v) is 3.39. The Morgan fingerprint density at radius 1 is 1.32 bits per heavy atom. The molecular formula is C15H17NO3. The first-order valence-corrected chi connectivity index (χ1v) is 6.62. The second-order valence-electron chi connectivity index (χ2n) is 5.72. The Hall–Kier alpha value is -1.84. The number of likely N-dealkylation sites (tertiary alicyclic amines) is 1. The lowest BCUT2D eigenvalue weighted by Gasteiger charge is -2.33. The standard InChI is InChI=1S/C15H17NO3/c1-16-7-6-15(14(16)19)5-4-10-2-3-11(13(17)18)8-12(10)9-15/h2-3,8H,4-7,9H2,1H3,(H,17,18)/t15-/m0/s1. The quantitative estimate of drug-likeness (QED) is 0.835. The van der Waals surface area contributed by atoms with E-state index in [0.29, 0.717) is 12.0 Å². The third-order valence-electron chi connectivity index (χ3n) is 4.58. The molecule has 0 saturated carbocycles. The normalized spacial score (nSPS) is 25.7. The predicted molar refractivity (Wildman–Crippen MR) is 70.1 cm³/mol. The van der Waals surface area contributed by atoms with E-state index >= 15 is 0 Å². The molecular weight excluding hydrogens is 242 g/mol. The van der Waals surface area contributed by atoms with Crippen LogP contribution in [-0.4, -0.2) is 35.5 Å². The van der Waals surface area contributed by atoms with E-state index in [4.69, 9.17) is 5.11 Å². The molecule has 2 aliphatic rings. The van der Waals surface area contributed by atoms with E-state index in [1.807, 2.05) is 13.1 Å². The number of hydrogen-bond acceptors (Lipinski definition) is 2. The highest BCUT2D eigenvalue weighted by atomic mass is 16.4. The highest BCUT2D eigenvalue weighted by Gasteiger charge is 2.46. The minimum atomic E-state index is -0.905. The van der Waals surface area contributed by atoms with Gasteiger partial charge in [-0.1, -0.05) is 6.07 Å². The van der Waals surface area contributed by atoms with Gasteiger partial charge in [0.15, 0.2) is 0 Å². The summed E-state index contributed by atoms with van der Waals surface area (Å²) in [4.78, 5) is 25.2. The summed E-state index contributed by atoms with van der Waals surface area (Å²) in [6.07, 6.45) is 3.33. The molecule has 1 spiro atoms. The lowest BCUT2D eigenvalue weighted by Crippen LogP contribution is -2.37. The summed E-state index contributed by atoms with van der Waals surface area (Å²) in [5.74, 6) is -0.684. The molecule has 4 nitrogen and oxygen atoms in total. The topological polar surface area (TPSA) is 57.6 Å². The maximum Gasteiger partial charge on any atom is 0.335 e. The number of carbonyl (C=O) groups excluding carboxylic acids is 1. The van der Waals surface area contributed by atoms with Crippen molar-refractivity contribution in [3.05, 3.63) is 34.9 Å². The number of carboxylic acid groups (broad SMARTS) is 1. The van der Waals surface area contributed by atoms with Crippen molar-refractivity contribution < 1.29 is 14.7 Å². The monoisotopic (exact) mass is 259 g/mol. The molecule has 1 aliphatic carbocycles. The Balaban J connectivity index is 1.97. The number of fused-ring (bicyclic) bond motifs is 1. The summed E-state index contributed by atoms with van der Waals surface area (Å²) in [7, 11) is 1.85. The second-order valence-corrected chi connectivity index (χ2v) is 5.72. The van der Waals surface area contributed by atoms with Gasteiger partial charge in [-0.05, 0) is 48.9 Å². The van der Waals surface area contributed by atoms with Crippen LogP contribution in [0.3, 0.4) is 0 Å². The van der Waals surface area contributed by atoms with Crippen molar-refractivity contribution in [1.29, 1.82) is 0 Å². The van der Waals surface area contributed by atoms with E-state index in [0.717, 1.165) is 31.4 Å². The smallest absolute Gasteiger partial charge is 0.335 e. The van der Waals surface area contributed by atoms with Crippen LogP contribution in [0.15, 0.2) is 18.2 Å². The molecule has 1 saturated heterocycles. The first-order valence-electron chi connectivity index (χ1n) is 6.62. The zero-order chi connectivity index (χ0) is 13.6. The Bertz CT molecular complexity index is 567. The highest BCUT2D eigenvalue weighted by Crippen LogP contribution is 2.43. The summed E-state index contributed by atoms with van der Waals surface area (Å²) in [5, 5.41) is 9.06. The molecule has 3 rings (SSSR count). The number of hydrogen-bond donors (Lipinski definition) is 1. The molecule has 0 bridgehead atoms. The number of rotatable bonds is 1. The average Bonchev–Trinajstić information content (AvgIpc) is 2.67. The van der Waals surface area contributed by atoms with E-state index in [1.165, 1.54) is 5.56 Å². The van der Waals surface area contributed by atoms with E-state index in [2.05, 4.69) is 0 Å². The van der Waals surface area contributed by atoms with Gasteiger partial charge in [-0.3, -0.25) is 4.79 Å². The van der Waals surface area contributed by atoms with Crippen molar-refractivity contribution in [3.8, 4) is 0 Å². The second kappa shape index (κ2) is 4.08. The summed E-state index contributed by atoms with van der Waals surface area (Å²) in [6, 6.07) is 5.29. The number of carboxylic acids is 1. The third kappa shape index (κ3) is 1.82. The van der Waals surface area contributed by atoms with Crippen LogP contribution < -0.4 is 0 Å². The minimum Gasteiger partial charge on any atom is -0.478 e. The van der Waals surface area contributed by atoms with Gasteiger partial charge in [-0.2, -0.15) is 0 Å². The number of benzene rings is 1. The van der Waals surface area contributed by atoms with Gasteiger partial charge in [0.2, 0.25) is 5.91 Å². The zero-order valence-electron chi connectivity index (χ0n) is 11.0. The van der Waals surface area contributed by atoms with Gasteiger partial charge in [0.25, 0.3) is 0 Å². The number of aromatic carboxylic acids is 1. The molecule has 1 aromatic carbocycles. The third-order valence-corrected chi connectivity index (χ3v) is 4.58. The van der Waals surface area contributed by atoms with Crippen molar-refractivity contribution in [2.24, 2.45) is 5.41 Å². The van der Waals surface area contributed by atoms with Gasteiger partial charge in [0.1, 0.15) is 0 Å². The SMILES string of the molecule is CN1CC[C@]2(CCc3ccc(C(=O)O)cc3C2)C1=O. The van der Waals surface area contributed by atoms with Crippen molar-refractivity contribution in [2.75, 3.05) is 13.6 Å². The Labute approximate surface area is 112 Å². The molecule has 0 aromatic heterocycles. The van der Waals surface area contributed by atoms with Crippen LogP contribution in [0.1, 0.15) is 34.3 Å². The van der Waals surface area contributed by atoms with Crippen LogP contribution in [0.5, 0.6) is 0 Å². The van der Waals surface area contributed by atoms with Crippen LogP contribution in [0.25, 0.3) is 0 Å². The van der Waals surface area contributed by atoms with Crippen molar-refractivity contribution in [3.63, 3.8) is 0 Å². The zero-order valence-corrected chi connectivity index (χ0v) is 11.0. The Kier molecular flexibility index (Phi) is 2.62. The molecule has 1 fully saturated rings. The van der Waals surface area contributed by atoms with Crippen molar-refractivity contribution in [2.45, 2.75) is 25.7 Å². The molecule has 1 aliphatic heterocycles. The highest BCUT2D eigenvalue weighted by molar-refractivity contribution is 5.88. The lowest BCUT2D eigenvalue weighted by molar-refractivity contribution is -0.135. The summed E-state index contributed by atoms with van der Waals surface area (Å²) in [6.45, 7) is 0.812. The molecule has 0 radical (unpaired) electrons. The molecule has 19 heavy (non-hydrogen) atoms. The summed E-state index contributed by atoms with van der Waals surface area (Å²) in [5.41, 5.74) is 2.26. The molecule has 0 unspecified atom stereocenters. The Morgan fingerprint density at radius 3 is 2.74 bits per heavy atom. The minimum absolute atomic E-state index is 0.221. The van der Waals surface area contributed by atoms with Crippen LogP contribution in [0, 0.1) is 5.41 Å². The number of nitrogens with zero attached hydrogens (tertiary/aromatic N) is 1. The fourth-order valence-electron chi connectivity index (χ4n) is 3.39. The number of carbonyl (C=O) groups is 2. The van der Waals surface area contributed by atoms with E-state index in [-0.39, 0.29) is 11.3 Å². The molecule has 1 atom stereocenters. The number of amides is 1. The van der Waals surface area contributed by atoms with Gasteiger partial charge >= 0.3 is 5.97 Å². The van der Waals surface area contributed by atoms with Gasteiger partial charge < -0.3 is 10.0 Å². The van der Waals surface area contributed by atoms with E-state index < -0.39 is 5.97 Å². The predicted octanol–water partition coefficient (Wildman–Crippen LogP) is 1.72. The molecule has 1 aromatic rings.